The van der Waals surface area contributed by atoms with Crippen LogP contribution in [-0.4, -0.2) is 97.5 Å². The molecule has 1 heterocycles. The zero-order chi connectivity index (χ0) is 43.9. The minimum atomic E-state index is -5.07. The maximum atomic E-state index is 12.8. The largest absolute Gasteiger partial charge is 0.457 e. The smallest absolute Gasteiger partial charge is 0.397 e. The molecular weight excluding hydrogens is 789 g/mol. The Morgan fingerprint density at radius 3 is 1.70 bits per heavy atom. The van der Waals surface area contributed by atoms with Crippen LogP contribution in [0.2, 0.25) is 0 Å². The van der Waals surface area contributed by atoms with Gasteiger partial charge < -0.3 is 34.3 Å². The first-order chi connectivity index (χ1) is 29.1. The third-order valence-corrected chi connectivity index (χ3v) is 10.3. The van der Waals surface area contributed by atoms with Gasteiger partial charge in [-0.15, -0.1) is 0 Å². The Balaban J connectivity index is 2.45. The quantitative estimate of drug-likeness (QED) is 0.0200. The second kappa shape index (κ2) is 38.2. The summed E-state index contributed by atoms with van der Waals surface area (Å²) in [5.41, 5.74) is 0. The molecule has 13 heteroatoms. The van der Waals surface area contributed by atoms with E-state index in [2.05, 4.69) is 90.9 Å². The van der Waals surface area contributed by atoms with Crippen molar-refractivity contribution < 1.29 is 56.2 Å². The molecule has 0 aromatic carbocycles. The van der Waals surface area contributed by atoms with Crippen LogP contribution in [0.3, 0.4) is 0 Å². The van der Waals surface area contributed by atoms with Crippen LogP contribution in [0.4, 0.5) is 0 Å². The van der Waals surface area contributed by atoms with Gasteiger partial charge >= 0.3 is 16.4 Å². The Morgan fingerprint density at radius 1 is 0.650 bits per heavy atom. The van der Waals surface area contributed by atoms with E-state index in [0.29, 0.717) is 13.0 Å². The molecule has 0 aliphatic carbocycles. The highest BCUT2D eigenvalue weighted by Gasteiger charge is 2.48. The Labute approximate surface area is 362 Å². The molecule has 0 aromatic heterocycles. The van der Waals surface area contributed by atoms with E-state index in [4.69, 9.17) is 23.5 Å². The lowest BCUT2D eigenvalue weighted by molar-refractivity contribution is -0.301. The van der Waals surface area contributed by atoms with Crippen LogP contribution in [0.5, 0.6) is 0 Å². The molecule has 0 aromatic rings. The van der Waals surface area contributed by atoms with E-state index < -0.39 is 59.8 Å². The molecule has 1 fully saturated rings. The summed E-state index contributed by atoms with van der Waals surface area (Å²) in [6.45, 7) is 3.77. The highest BCUT2D eigenvalue weighted by molar-refractivity contribution is 7.80. The van der Waals surface area contributed by atoms with Crippen molar-refractivity contribution >= 4 is 16.4 Å². The molecule has 1 rings (SSSR count). The Kier molecular flexibility index (Phi) is 35.4. The van der Waals surface area contributed by atoms with Crippen LogP contribution in [0, 0.1) is 0 Å². The number of hydrogen-bond acceptors (Lipinski definition) is 11. The molecule has 0 bridgehead atoms. The maximum Gasteiger partial charge on any atom is 0.397 e. The van der Waals surface area contributed by atoms with Crippen molar-refractivity contribution in [2.45, 2.75) is 192 Å². The van der Waals surface area contributed by atoms with Gasteiger partial charge in [-0.1, -0.05) is 138 Å². The number of unbranched alkanes of at least 4 members (excludes halogenated alkanes) is 13. The van der Waals surface area contributed by atoms with Crippen molar-refractivity contribution in [3.8, 4) is 0 Å². The summed E-state index contributed by atoms with van der Waals surface area (Å²) in [7, 11) is -5.07. The second-order valence-electron chi connectivity index (χ2n) is 15.3. The van der Waals surface area contributed by atoms with Crippen LogP contribution < -0.4 is 0 Å². The van der Waals surface area contributed by atoms with E-state index in [1.54, 1.807) is 0 Å². The Hall–Kier alpha value is -2.46. The predicted octanol–water partition coefficient (Wildman–Crippen LogP) is 9.52. The highest BCUT2D eigenvalue weighted by atomic mass is 32.3. The molecule has 1 aliphatic heterocycles. The van der Waals surface area contributed by atoms with Crippen molar-refractivity contribution in [3.05, 3.63) is 72.9 Å². The van der Waals surface area contributed by atoms with E-state index >= 15 is 0 Å². The summed E-state index contributed by atoms with van der Waals surface area (Å²) in [6.07, 6.45) is 39.3. The number of aliphatic hydroxyl groups is 3. The molecule has 0 saturated carbocycles. The number of rotatable bonds is 38. The first kappa shape index (κ1) is 55.6. The van der Waals surface area contributed by atoms with Gasteiger partial charge in [0.2, 0.25) is 0 Å². The monoisotopic (exact) mass is 869 g/mol. The molecule has 60 heavy (non-hydrogen) atoms. The first-order valence-corrected chi connectivity index (χ1v) is 24.1. The van der Waals surface area contributed by atoms with E-state index in [1.165, 1.54) is 25.7 Å². The van der Waals surface area contributed by atoms with Gasteiger partial charge in [0.25, 0.3) is 0 Å². The van der Waals surface area contributed by atoms with Crippen molar-refractivity contribution in [2.75, 3.05) is 26.4 Å². The summed E-state index contributed by atoms with van der Waals surface area (Å²) in [6, 6.07) is 0. The SMILES string of the molecule is CC/C=C\C/C=C\C/C=C\C/C=C\C/C=C\CCCCCCOCC(COC1OC(CO)C(O)C(OS(=O)(=O)O)C1O)OC(=O)CCCCCCC/C=C\CCCCCC. The minimum absolute atomic E-state index is 0.0116. The van der Waals surface area contributed by atoms with Gasteiger partial charge in [-0.05, 0) is 83.5 Å². The van der Waals surface area contributed by atoms with Gasteiger partial charge in [-0.2, -0.15) is 8.42 Å². The standard InChI is InChI=1S/C47H80O12S/c1-3-5-7-9-11-13-15-17-18-19-20-21-22-23-25-27-29-31-33-35-37-55-39-41(40-56-47-45(51)46(59-60(52,53)54)44(50)42(38-48)58-47)57-43(49)36-34-32-30-28-26-24-16-14-12-10-8-6-4-2/h5,7,11,13-14,16-18,20-21,23,25,41-42,44-48,50-51H,3-4,6,8-10,12,15,19,22,24,26-40H2,1-2H3,(H,52,53,54)/b7-5-,13-11-,16-14-,18-17-,21-20-,25-23-. The molecule has 346 valence electrons. The fraction of sp³-hybridized carbons (Fsp3) is 0.723. The van der Waals surface area contributed by atoms with Crippen molar-refractivity contribution in [3.63, 3.8) is 0 Å². The van der Waals surface area contributed by atoms with Crippen LogP contribution >= 0.6 is 0 Å². The number of allylic oxidation sites excluding steroid dienone is 12. The molecule has 0 radical (unpaired) electrons. The van der Waals surface area contributed by atoms with Crippen molar-refractivity contribution in [1.29, 1.82) is 0 Å². The average Bonchev–Trinajstić information content (AvgIpc) is 3.22. The summed E-state index contributed by atoms with van der Waals surface area (Å²) in [5.74, 6) is -0.422. The number of ether oxygens (including phenoxy) is 4. The minimum Gasteiger partial charge on any atom is -0.457 e. The van der Waals surface area contributed by atoms with E-state index in [1.807, 2.05) is 0 Å². The van der Waals surface area contributed by atoms with Crippen molar-refractivity contribution in [2.24, 2.45) is 0 Å². The maximum absolute atomic E-state index is 12.8. The molecule has 1 aliphatic rings. The Morgan fingerprint density at radius 2 is 1.15 bits per heavy atom. The van der Waals surface area contributed by atoms with Gasteiger partial charge in [0.05, 0.1) is 19.8 Å². The van der Waals surface area contributed by atoms with Gasteiger partial charge in [0.1, 0.15) is 30.5 Å². The number of hydrogen-bond donors (Lipinski definition) is 4. The second-order valence-corrected chi connectivity index (χ2v) is 16.3. The summed E-state index contributed by atoms with van der Waals surface area (Å²) in [4.78, 5) is 12.8. The van der Waals surface area contributed by atoms with Gasteiger partial charge in [-0.25, -0.2) is 4.18 Å². The lowest BCUT2D eigenvalue weighted by Gasteiger charge is -2.41. The topological polar surface area (TPSA) is 178 Å². The van der Waals surface area contributed by atoms with E-state index in [-0.39, 0.29) is 19.6 Å². The summed E-state index contributed by atoms with van der Waals surface area (Å²) in [5, 5.41) is 30.6. The third kappa shape index (κ3) is 31.4. The van der Waals surface area contributed by atoms with Gasteiger partial charge in [-0.3, -0.25) is 9.35 Å². The van der Waals surface area contributed by atoms with Crippen LogP contribution in [0.15, 0.2) is 72.9 Å². The molecular formula is C47H80O12S. The summed E-state index contributed by atoms with van der Waals surface area (Å²) >= 11 is 0. The molecule has 6 unspecified atom stereocenters. The zero-order valence-corrected chi connectivity index (χ0v) is 37.6. The number of carbonyl (C=O) groups excluding carboxylic acids is 1. The van der Waals surface area contributed by atoms with Crippen LogP contribution in [0.1, 0.15) is 155 Å². The predicted molar refractivity (Wildman–Crippen MR) is 239 cm³/mol. The molecule has 0 amide bonds. The molecule has 0 spiro atoms. The normalized spacial score (nSPS) is 20.9. The summed E-state index contributed by atoms with van der Waals surface area (Å²) < 4.78 is 59.0. The molecule has 6 atom stereocenters. The van der Waals surface area contributed by atoms with Gasteiger partial charge in [0, 0.05) is 13.0 Å². The number of esters is 1. The molecule has 1 saturated heterocycles. The molecule has 4 N–H and O–H groups in total. The van der Waals surface area contributed by atoms with E-state index in [9.17, 15) is 28.5 Å². The Bertz CT molecular complexity index is 1330. The first-order valence-electron chi connectivity index (χ1n) is 22.7. The average molecular weight is 869 g/mol. The fourth-order valence-corrected chi connectivity index (χ4v) is 6.91. The third-order valence-electron chi connectivity index (χ3n) is 9.81. The van der Waals surface area contributed by atoms with Gasteiger partial charge in [0.15, 0.2) is 6.29 Å². The van der Waals surface area contributed by atoms with Crippen molar-refractivity contribution in [1.82, 2.24) is 0 Å². The van der Waals surface area contributed by atoms with E-state index in [0.717, 1.165) is 103 Å². The number of carbonyl (C=O) groups is 1. The lowest BCUT2D eigenvalue weighted by atomic mass is 9.99. The lowest BCUT2D eigenvalue weighted by Crippen LogP contribution is -2.60. The fourth-order valence-electron chi connectivity index (χ4n) is 6.40. The molecule has 12 nitrogen and oxygen atoms in total. The number of aliphatic hydroxyl groups excluding tert-OH is 3. The highest BCUT2D eigenvalue weighted by Crippen LogP contribution is 2.26. The van der Waals surface area contributed by atoms with Crippen LogP contribution in [0.25, 0.3) is 0 Å². The van der Waals surface area contributed by atoms with Crippen LogP contribution in [-0.2, 0) is 38.3 Å². The zero-order valence-electron chi connectivity index (χ0n) is 36.7.